The highest BCUT2D eigenvalue weighted by Crippen LogP contribution is 2.42. The van der Waals surface area contributed by atoms with Crippen LogP contribution < -0.4 is 5.32 Å². The monoisotopic (exact) mass is 385 g/mol. The number of carbonyl (C=O) groups excluding carboxylic acids is 3. The molecule has 0 spiro atoms. The molecular weight excluding hydrogens is 362 g/mol. The molecule has 1 aliphatic carbocycles. The summed E-state index contributed by atoms with van der Waals surface area (Å²) in [5.41, 5.74) is 1.57. The molecule has 3 heterocycles. The van der Waals surface area contributed by atoms with Crippen molar-refractivity contribution in [2.24, 2.45) is 5.92 Å². The molecule has 0 bridgehead atoms. The quantitative estimate of drug-likeness (QED) is 0.613. The van der Waals surface area contributed by atoms with Crippen LogP contribution in [0.15, 0.2) is 23.6 Å². The predicted molar refractivity (Wildman–Crippen MR) is 103 cm³/mol. The normalized spacial score (nSPS) is 22.4. The van der Waals surface area contributed by atoms with Crippen LogP contribution in [0.4, 0.5) is 4.79 Å². The molecule has 7 heteroatoms. The standard InChI is InChI=1S/C20H23N3O3S/c1-12-9-16(13(2)22(12)10-15-5-4-8-27-15)17(24)11-23-18(25)20(3,14-6-7-14)21-19(23)26/h4-5,8-9,14H,6-7,10-11H2,1-3H3,(H,21,26)/t20-/m0/s1. The molecule has 3 amide bonds. The lowest BCUT2D eigenvalue weighted by Gasteiger charge is -2.20. The van der Waals surface area contributed by atoms with Crippen molar-refractivity contribution in [2.75, 3.05) is 6.54 Å². The van der Waals surface area contributed by atoms with Gasteiger partial charge in [0.1, 0.15) is 5.54 Å². The Morgan fingerprint density at radius 2 is 2.07 bits per heavy atom. The highest BCUT2D eigenvalue weighted by atomic mass is 32.1. The number of aromatic nitrogens is 1. The summed E-state index contributed by atoms with van der Waals surface area (Å²) < 4.78 is 2.10. The molecule has 0 radical (unpaired) electrons. The Bertz CT molecular complexity index is 927. The fourth-order valence-electron chi connectivity index (χ4n) is 3.91. The second-order valence-corrected chi connectivity index (χ2v) is 8.70. The van der Waals surface area contributed by atoms with E-state index in [0.29, 0.717) is 12.1 Å². The van der Waals surface area contributed by atoms with Gasteiger partial charge in [0.05, 0.1) is 13.1 Å². The number of urea groups is 1. The Labute approximate surface area is 162 Å². The number of hydrogen-bond acceptors (Lipinski definition) is 4. The van der Waals surface area contributed by atoms with Gasteiger partial charge in [-0.1, -0.05) is 6.07 Å². The van der Waals surface area contributed by atoms with Gasteiger partial charge >= 0.3 is 6.03 Å². The van der Waals surface area contributed by atoms with Crippen LogP contribution in [-0.4, -0.2) is 39.3 Å². The highest BCUT2D eigenvalue weighted by molar-refractivity contribution is 7.09. The highest BCUT2D eigenvalue weighted by Gasteiger charge is 2.56. The molecular formula is C20H23N3O3S. The molecule has 0 unspecified atom stereocenters. The first-order valence-electron chi connectivity index (χ1n) is 9.17. The Balaban J connectivity index is 1.53. The summed E-state index contributed by atoms with van der Waals surface area (Å²) in [5, 5.41) is 4.82. The van der Waals surface area contributed by atoms with Crippen LogP contribution in [0, 0.1) is 19.8 Å². The van der Waals surface area contributed by atoms with Gasteiger partial charge in [-0.3, -0.25) is 14.5 Å². The lowest BCUT2D eigenvalue weighted by atomic mass is 9.96. The zero-order valence-electron chi connectivity index (χ0n) is 15.7. The second kappa shape index (κ2) is 6.34. The molecule has 2 fully saturated rings. The van der Waals surface area contributed by atoms with E-state index in [2.05, 4.69) is 16.0 Å². The van der Waals surface area contributed by atoms with Gasteiger partial charge in [0.15, 0.2) is 5.78 Å². The van der Waals surface area contributed by atoms with Gasteiger partial charge in [-0.2, -0.15) is 0 Å². The molecule has 1 saturated carbocycles. The van der Waals surface area contributed by atoms with Gasteiger partial charge in [0.25, 0.3) is 5.91 Å². The van der Waals surface area contributed by atoms with Crippen molar-refractivity contribution in [1.29, 1.82) is 0 Å². The SMILES string of the molecule is Cc1cc(C(=O)CN2C(=O)N[C@@](C)(C3CC3)C2=O)c(C)n1Cc1cccs1. The van der Waals surface area contributed by atoms with E-state index in [1.165, 1.54) is 4.88 Å². The van der Waals surface area contributed by atoms with Crippen molar-refractivity contribution in [3.05, 3.63) is 45.4 Å². The minimum absolute atomic E-state index is 0.185. The average Bonchev–Trinajstić information content (AvgIpc) is 3.24. The van der Waals surface area contributed by atoms with Crippen LogP contribution in [0.2, 0.25) is 0 Å². The van der Waals surface area contributed by atoms with Crippen molar-refractivity contribution in [3.63, 3.8) is 0 Å². The van der Waals surface area contributed by atoms with Crippen LogP contribution >= 0.6 is 11.3 Å². The minimum Gasteiger partial charge on any atom is -0.343 e. The Kier molecular flexibility index (Phi) is 4.22. The van der Waals surface area contributed by atoms with Gasteiger partial charge in [-0.25, -0.2) is 4.79 Å². The Morgan fingerprint density at radius 1 is 1.33 bits per heavy atom. The number of rotatable bonds is 6. The molecule has 1 saturated heterocycles. The van der Waals surface area contributed by atoms with Crippen LogP contribution in [0.3, 0.4) is 0 Å². The Morgan fingerprint density at radius 3 is 2.70 bits per heavy atom. The molecule has 1 aliphatic heterocycles. The number of amides is 3. The molecule has 4 rings (SSSR count). The first-order valence-corrected chi connectivity index (χ1v) is 10.1. The third-order valence-electron chi connectivity index (χ3n) is 5.76. The number of imide groups is 1. The summed E-state index contributed by atoms with van der Waals surface area (Å²) in [6.07, 6.45) is 1.88. The number of nitrogens with zero attached hydrogens (tertiary/aromatic N) is 2. The molecule has 2 aliphatic rings. The predicted octanol–water partition coefficient (Wildman–Crippen LogP) is 3.12. The Hall–Kier alpha value is -2.41. The zero-order chi connectivity index (χ0) is 19.3. The number of ketones is 1. The summed E-state index contributed by atoms with van der Waals surface area (Å²) in [4.78, 5) is 40.2. The van der Waals surface area contributed by atoms with Crippen molar-refractivity contribution in [1.82, 2.24) is 14.8 Å². The van der Waals surface area contributed by atoms with Gasteiger partial charge in [-0.15, -0.1) is 11.3 Å². The summed E-state index contributed by atoms with van der Waals surface area (Å²) in [6, 6.07) is 5.46. The number of Topliss-reactive ketones (excluding diaryl/α,β-unsaturated/α-hetero) is 1. The second-order valence-electron chi connectivity index (χ2n) is 7.67. The molecule has 6 nitrogen and oxygen atoms in total. The van der Waals surface area contributed by atoms with E-state index in [1.54, 1.807) is 18.3 Å². The molecule has 1 N–H and O–H groups in total. The van der Waals surface area contributed by atoms with Crippen LogP contribution in [0.5, 0.6) is 0 Å². The van der Waals surface area contributed by atoms with E-state index in [0.717, 1.165) is 29.1 Å². The first-order chi connectivity index (χ1) is 12.8. The average molecular weight is 385 g/mol. The summed E-state index contributed by atoms with van der Waals surface area (Å²) in [7, 11) is 0. The van der Waals surface area contributed by atoms with E-state index in [9.17, 15) is 14.4 Å². The molecule has 142 valence electrons. The van der Waals surface area contributed by atoms with E-state index in [4.69, 9.17) is 0 Å². The molecule has 2 aromatic rings. The maximum Gasteiger partial charge on any atom is 0.325 e. The number of nitrogens with one attached hydrogen (secondary N) is 1. The largest absolute Gasteiger partial charge is 0.343 e. The summed E-state index contributed by atoms with van der Waals surface area (Å²) >= 11 is 1.68. The van der Waals surface area contributed by atoms with Crippen LogP contribution in [0.1, 0.15) is 46.4 Å². The van der Waals surface area contributed by atoms with Crippen molar-refractivity contribution in [3.8, 4) is 0 Å². The topological polar surface area (TPSA) is 71.4 Å². The van der Waals surface area contributed by atoms with Crippen molar-refractivity contribution >= 4 is 29.1 Å². The number of aryl methyl sites for hydroxylation is 1. The van der Waals surface area contributed by atoms with E-state index >= 15 is 0 Å². The summed E-state index contributed by atoms with van der Waals surface area (Å²) in [6.45, 7) is 6.15. The van der Waals surface area contributed by atoms with E-state index < -0.39 is 11.6 Å². The van der Waals surface area contributed by atoms with Crippen molar-refractivity contribution < 1.29 is 14.4 Å². The number of hydrogen-bond donors (Lipinski definition) is 1. The third-order valence-corrected chi connectivity index (χ3v) is 6.63. The van der Waals surface area contributed by atoms with Gasteiger partial charge in [-0.05, 0) is 57.0 Å². The van der Waals surface area contributed by atoms with Gasteiger partial charge < -0.3 is 9.88 Å². The smallest absolute Gasteiger partial charge is 0.325 e. The van der Waals surface area contributed by atoms with E-state index in [1.807, 2.05) is 31.4 Å². The van der Waals surface area contributed by atoms with Crippen LogP contribution in [-0.2, 0) is 11.3 Å². The lowest BCUT2D eigenvalue weighted by Crippen LogP contribution is -2.46. The first kappa shape index (κ1) is 18.0. The third kappa shape index (κ3) is 3.00. The fraction of sp³-hybridized carbons (Fsp3) is 0.450. The fourth-order valence-corrected chi connectivity index (χ4v) is 4.60. The number of thiophene rings is 1. The van der Waals surface area contributed by atoms with Crippen molar-refractivity contribution in [2.45, 2.75) is 45.7 Å². The molecule has 1 atom stereocenters. The molecule has 27 heavy (non-hydrogen) atoms. The lowest BCUT2D eigenvalue weighted by molar-refractivity contribution is -0.131. The zero-order valence-corrected chi connectivity index (χ0v) is 16.6. The molecule has 2 aromatic heterocycles. The maximum atomic E-state index is 12.9. The van der Waals surface area contributed by atoms with Crippen LogP contribution in [0.25, 0.3) is 0 Å². The van der Waals surface area contributed by atoms with E-state index in [-0.39, 0.29) is 24.2 Å². The maximum absolute atomic E-state index is 12.9. The minimum atomic E-state index is -0.854. The summed E-state index contributed by atoms with van der Waals surface area (Å²) in [5.74, 6) is -0.301. The molecule has 0 aromatic carbocycles. The van der Waals surface area contributed by atoms with Gasteiger partial charge in [0, 0.05) is 21.8 Å². The van der Waals surface area contributed by atoms with Gasteiger partial charge in [0.2, 0.25) is 0 Å². The number of carbonyl (C=O) groups is 3.